The number of alkyl halides is 1. The van der Waals surface area contributed by atoms with Crippen molar-refractivity contribution in [2.75, 3.05) is 24.3 Å². The number of amides is 2. The fraction of sp³-hybridized carbons (Fsp3) is 0.529. The predicted molar refractivity (Wildman–Crippen MR) is 95.6 cm³/mol. The standard InChI is InChI=1S/C17H21Cl2N3O2/c1-16(2,10-18)15(24)22-7-5-17(6-8-22)20-13-9-11(19)3-4-12(13)14(23)21-17/h3-4,9,20H,5-8,10H2,1-2H3,(H,21,23). The van der Waals surface area contributed by atoms with E-state index in [-0.39, 0.29) is 17.7 Å². The number of likely N-dealkylation sites (tertiary alicyclic amines) is 1. The summed E-state index contributed by atoms with van der Waals surface area (Å²) >= 11 is 12.0. The summed E-state index contributed by atoms with van der Waals surface area (Å²) in [7, 11) is 0. The number of fused-ring (bicyclic) bond motifs is 1. The summed E-state index contributed by atoms with van der Waals surface area (Å²) in [6.45, 7) is 4.85. The minimum atomic E-state index is -0.574. The van der Waals surface area contributed by atoms with E-state index in [4.69, 9.17) is 23.2 Å². The zero-order valence-electron chi connectivity index (χ0n) is 13.8. The fourth-order valence-corrected chi connectivity index (χ4v) is 3.50. The molecule has 7 heteroatoms. The van der Waals surface area contributed by atoms with Gasteiger partial charge in [-0.1, -0.05) is 11.6 Å². The smallest absolute Gasteiger partial charge is 0.255 e. The van der Waals surface area contributed by atoms with Crippen molar-refractivity contribution < 1.29 is 9.59 Å². The number of nitrogens with zero attached hydrogens (tertiary/aromatic N) is 1. The largest absolute Gasteiger partial charge is 0.362 e. The lowest BCUT2D eigenvalue weighted by Crippen LogP contribution is -2.63. The third-order valence-corrected chi connectivity index (χ3v) is 5.67. The SMILES string of the molecule is CC(C)(CCl)C(=O)N1CCC2(CC1)NC(=O)c1ccc(Cl)cc1N2. The van der Waals surface area contributed by atoms with Gasteiger partial charge in [-0.25, -0.2) is 0 Å². The summed E-state index contributed by atoms with van der Waals surface area (Å²) in [5.41, 5.74) is 0.227. The molecule has 24 heavy (non-hydrogen) atoms. The van der Waals surface area contributed by atoms with Crippen LogP contribution in [-0.4, -0.2) is 41.3 Å². The molecular formula is C17H21Cl2N3O2. The Hall–Kier alpha value is -1.46. The lowest BCUT2D eigenvalue weighted by molar-refractivity contribution is -0.140. The number of hydrogen-bond donors (Lipinski definition) is 2. The second-order valence-corrected chi connectivity index (χ2v) is 7.86. The van der Waals surface area contributed by atoms with E-state index in [1.807, 2.05) is 18.7 Å². The number of benzene rings is 1. The third kappa shape index (κ3) is 3.07. The van der Waals surface area contributed by atoms with Gasteiger partial charge in [0.15, 0.2) is 0 Å². The van der Waals surface area contributed by atoms with Crippen molar-refractivity contribution in [2.24, 2.45) is 5.41 Å². The summed E-state index contributed by atoms with van der Waals surface area (Å²) in [4.78, 5) is 26.8. The first-order valence-corrected chi connectivity index (χ1v) is 8.93. The number of piperidine rings is 1. The minimum Gasteiger partial charge on any atom is -0.362 e. The molecule has 130 valence electrons. The first-order valence-electron chi connectivity index (χ1n) is 8.02. The molecule has 1 fully saturated rings. The second-order valence-electron chi connectivity index (χ2n) is 7.16. The Balaban J connectivity index is 1.75. The van der Waals surface area contributed by atoms with Crippen LogP contribution in [-0.2, 0) is 4.79 Å². The highest BCUT2D eigenvalue weighted by Crippen LogP contribution is 2.34. The van der Waals surface area contributed by atoms with Crippen LogP contribution in [0.1, 0.15) is 37.0 Å². The Morgan fingerprint density at radius 2 is 1.96 bits per heavy atom. The van der Waals surface area contributed by atoms with E-state index in [0.717, 1.165) is 5.69 Å². The van der Waals surface area contributed by atoms with Crippen LogP contribution in [0.4, 0.5) is 5.69 Å². The van der Waals surface area contributed by atoms with Crippen LogP contribution in [0.5, 0.6) is 0 Å². The van der Waals surface area contributed by atoms with E-state index in [0.29, 0.717) is 36.5 Å². The molecule has 0 radical (unpaired) electrons. The van der Waals surface area contributed by atoms with Gasteiger partial charge in [0.2, 0.25) is 5.91 Å². The number of carbonyl (C=O) groups excluding carboxylic acids is 2. The normalized spacial score (nSPS) is 19.5. The van der Waals surface area contributed by atoms with Gasteiger partial charge in [0.05, 0.1) is 16.7 Å². The van der Waals surface area contributed by atoms with Crippen LogP contribution in [0.25, 0.3) is 0 Å². The molecular weight excluding hydrogens is 349 g/mol. The molecule has 0 aromatic heterocycles. The number of carbonyl (C=O) groups is 2. The minimum absolute atomic E-state index is 0.0536. The Bertz CT molecular complexity index is 682. The molecule has 1 aromatic carbocycles. The van der Waals surface area contributed by atoms with E-state index in [2.05, 4.69) is 10.6 Å². The van der Waals surface area contributed by atoms with Gasteiger partial charge in [0.1, 0.15) is 5.66 Å². The third-order valence-electron chi connectivity index (χ3n) is 4.77. The van der Waals surface area contributed by atoms with Crippen LogP contribution in [0.3, 0.4) is 0 Å². The van der Waals surface area contributed by atoms with Crippen molar-refractivity contribution in [2.45, 2.75) is 32.4 Å². The summed E-state index contributed by atoms with van der Waals surface area (Å²) in [6.07, 6.45) is 1.27. The number of nitrogens with one attached hydrogen (secondary N) is 2. The van der Waals surface area contributed by atoms with Crippen molar-refractivity contribution in [1.82, 2.24) is 10.2 Å². The van der Waals surface area contributed by atoms with Gasteiger partial charge >= 0.3 is 0 Å². The van der Waals surface area contributed by atoms with Gasteiger partial charge in [-0.15, -0.1) is 11.6 Å². The van der Waals surface area contributed by atoms with E-state index in [9.17, 15) is 9.59 Å². The number of anilines is 1. The molecule has 5 nitrogen and oxygen atoms in total. The summed E-state index contributed by atoms with van der Waals surface area (Å²) in [5.74, 6) is 0.230. The van der Waals surface area contributed by atoms with Crippen molar-refractivity contribution in [3.8, 4) is 0 Å². The molecule has 1 saturated heterocycles. The molecule has 1 aromatic rings. The van der Waals surface area contributed by atoms with Gasteiger partial charge < -0.3 is 15.5 Å². The molecule has 1 spiro atoms. The summed E-state index contributed by atoms with van der Waals surface area (Å²) < 4.78 is 0. The Labute approximate surface area is 151 Å². The van der Waals surface area contributed by atoms with Crippen molar-refractivity contribution >= 4 is 40.7 Å². The van der Waals surface area contributed by atoms with Crippen molar-refractivity contribution in [1.29, 1.82) is 0 Å². The topological polar surface area (TPSA) is 61.4 Å². The van der Waals surface area contributed by atoms with Crippen LogP contribution >= 0.6 is 23.2 Å². The van der Waals surface area contributed by atoms with Crippen molar-refractivity contribution in [3.63, 3.8) is 0 Å². The first-order chi connectivity index (χ1) is 11.3. The van der Waals surface area contributed by atoms with E-state index in [1.165, 1.54) is 0 Å². The summed E-state index contributed by atoms with van der Waals surface area (Å²) in [6, 6.07) is 5.19. The molecule has 0 unspecified atom stereocenters. The number of halogens is 2. The van der Waals surface area contributed by atoms with Crippen LogP contribution in [0.2, 0.25) is 5.02 Å². The highest BCUT2D eigenvalue weighted by molar-refractivity contribution is 6.31. The molecule has 2 amide bonds. The maximum atomic E-state index is 12.5. The Kier molecular flexibility index (Phi) is 4.43. The lowest BCUT2D eigenvalue weighted by Gasteiger charge is -2.46. The Morgan fingerprint density at radius 3 is 2.58 bits per heavy atom. The highest BCUT2D eigenvalue weighted by atomic mass is 35.5. The van der Waals surface area contributed by atoms with Crippen molar-refractivity contribution in [3.05, 3.63) is 28.8 Å². The average Bonchev–Trinajstić information content (AvgIpc) is 2.54. The molecule has 2 heterocycles. The highest BCUT2D eigenvalue weighted by Gasteiger charge is 2.42. The second kappa shape index (κ2) is 6.12. The molecule has 0 atom stereocenters. The molecule has 0 aliphatic carbocycles. The van der Waals surface area contributed by atoms with Crippen LogP contribution in [0, 0.1) is 5.41 Å². The monoisotopic (exact) mass is 369 g/mol. The first kappa shape index (κ1) is 17.4. The van der Waals surface area contributed by atoms with Crippen LogP contribution in [0.15, 0.2) is 18.2 Å². The Morgan fingerprint density at radius 1 is 1.29 bits per heavy atom. The van der Waals surface area contributed by atoms with Crippen LogP contribution < -0.4 is 10.6 Å². The van der Waals surface area contributed by atoms with Gasteiger partial charge in [-0.05, 0) is 32.0 Å². The molecule has 3 rings (SSSR count). The quantitative estimate of drug-likeness (QED) is 0.787. The van der Waals surface area contributed by atoms with E-state index < -0.39 is 11.1 Å². The zero-order valence-corrected chi connectivity index (χ0v) is 15.3. The maximum Gasteiger partial charge on any atom is 0.255 e. The predicted octanol–water partition coefficient (Wildman–Crippen LogP) is 3.08. The lowest BCUT2D eigenvalue weighted by atomic mass is 9.89. The molecule has 2 aliphatic rings. The van der Waals surface area contributed by atoms with Gasteiger partial charge in [0, 0.05) is 36.8 Å². The zero-order chi connectivity index (χ0) is 17.5. The number of rotatable bonds is 2. The molecule has 2 N–H and O–H groups in total. The molecule has 2 aliphatic heterocycles. The molecule has 0 bridgehead atoms. The fourth-order valence-electron chi connectivity index (χ4n) is 3.22. The van der Waals surface area contributed by atoms with E-state index >= 15 is 0 Å². The number of hydrogen-bond acceptors (Lipinski definition) is 3. The van der Waals surface area contributed by atoms with Gasteiger partial charge in [-0.2, -0.15) is 0 Å². The molecule has 0 saturated carbocycles. The average molecular weight is 370 g/mol. The van der Waals surface area contributed by atoms with Gasteiger partial charge in [-0.3, -0.25) is 9.59 Å². The maximum absolute atomic E-state index is 12.5. The summed E-state index contributed by atoms with van der Waals surface area (Å²) in [5, 5.41) is 7.06. The van der Waals surface area contributed by atoms with E-state index in [1.54, 1.807) is 18.2 Å². The van der Waals surface area contributed by atoms with Gasteiger partial charge in [0.25, 0.3) is 5.91 Å².